The van der Waals surface area contributed by atoms with Crippen molar-refractivity contribution >= 4 is 11.8 Å². The number of nitrogens with one attached hydrogen (secondary N) is 1. The molecule has 0 radical (unpaired) electrons. The summed E-state index contributed by atoms with van der Waals surface area (Å²) < 4.78 is 26.7. The molecule has 0 unspecified atom stereocenters. The van der Waals surface area contributed by atoms with Gasteiger partial charge in [0.1, 0.15) is 11.6 Å². The van der Waals surface area contributed by atoms with Crippen LogP contribution >= 0.6 is 0 Å². The van der Waals surface area contributed by atoms with Crippen LogP contribution in [0.25, 0.3) is 0 Å². The normalized spacial score (nSPS) is 19.7. The van der Waals surface area contributed by atoms with E-state index in [-0.39, 0.29) is 23.4 Å². The number of nitrogens with zero attached hydrogens (tertiary/aromatic N) is 1. The molecule has 1 aromatic rings. The second-order valence-electron chi connectivity index (χ2n) is 7.03. The van der Waals surface area contributed by atoms with Crippen molar-refractivity contribution in [2.75, 3.05) is 13.1 Å². The lowest BCUT2D eigenvalue weighted by Crippen LogP contribution is -2.45. The summed E-state index contributed by atoms with van der Waals surface area (Å²) in [7, 11) is 0. The molecule has 2 fully saturated rings. The van der Waals surface area contributed by atoms with Crippen molar-refractivity contribution in [3.8, 4) is 0 Å². The average Bonchev–Trinajstić information content (AvgIpc) is 2.62. The van der Waals surface area contributed by atoms with Gasteiger partial charge in [0.15, 0.2) is 0 Å². The van der Waals surface area contributed by atoms with Gasteiger partial charge in [-0.05, 0) is 37.8 Å². The smallest absolute Gasteiger partial charge is 0.256 e. The summed E-state index contributed by atoms with van der Waals surface area (Å²) in [5.74, 6) is -2.01. The Kier molecular flexibility index (Phi) is 5.66. The monoisotopic (exact) mass is 350 g/mol. The molecule has 1 saturated heterocycles. The quantitative estimate of drug-likeness (QED) is 0.910. The molecule has 136 valence electrons. The van der Waals surface area contributed by atoms with Gasteiger partial charge in [0, 0.05) is 31.1 Å². The van der Waals surface area contributed by atoms with Gasteiger partial charge in [0.2, 0.25) is 5.91 Å². The lowest BCUT2D eigenvalue weighted by atomic mass is 9.92. The molecule has 3 rings (SSSR count). The Morgan fingerprint density at radius 2 is 1.68 bits per heavy atom. The highest BCUT2D eigenvalue weighted by Gasteiger charge is 2.30. The summed E-state index contributed by atoms with van der Waals surface area (Å²) in [5.41, 5.74) is -0.119. The van der Waals surface area contributed by atoms with Crippen LogP contribution in [0.1, 0.15) is 55.3 Å². The largest absolute Gasteiger partial charge is 0.353 e. The molecule has 25 heavy (non-hydrogen) atoms. The summed E-state index contributed by atoms with van der Waals surface area (Å²) in [6, 6.07) is 3.27. The molecule has 0 aromatic heterocycles. The summed E-state index contributed by atoms with van der Waals surface area (Å²) in [6.45, 7) is 0.830. The standard InChI is InChI=1S/C19H24F2N2O2/c20-14-6-7-16(17(21)12-14)19(25)23-10-8-13(9-11-23)18(24)22-15-4-2-1-3-5-15/h6-7,12-13,15H,1-5,8-11H2,(H,22,24). The third-order valence-corrected chi connectivity index (χ3v) is 5.27. The lowest BCUT2D eigenvalue weighted by Gasteiger charge is -2.33. The molecular weight excluding hydrogens is 326 g/mol. The zero-order valence-corrected chi connectivity index (χ0v) is 14.3. The highest BCUT2D eigenvalue weighted by Crippen LogP contribution is 2.23. The molecule has 0 spiro atoms. The number of amides is 2. The third-order valence-electron chi connectivity index (χ3n) is 5.27. The van der Waals surface area contributed by atoms with E-state index < -0.39 is 17.5 Å². The predicted molar refractivity (Wildman–Crippen MR) is 90.0 cm³/mol. The number of carbonyl (C=O) groups is 2. The van der Waals surface area contributed by atoms with Gasteiger partial charge >= 0.3 is 0 Å². The molecule has 2 amide bonds. The molecule has 1 saturated carbocycles. The van der Waals surface area contributed by atoms with Gasteiger partial charge in [0.05, 0.1) is 5.56 Å². The topological polar surface area (TPSA) is 49.4 Å². The zero-order chi connectivity index (χ0) is 17.8. The van der Waals surface area contributed by atoms with Crippen molar-refractivity contribution in [3.63, 3.8) is 0 Å². The number of likely N-dealkylation sites (tertiary alicyclic amines) is 1. The Morgan fingerprint density at radius 1 is 1.00 bits per heavy atom. The summed E-state index contributed by atoms with van der Waals surface area (Å²) in [5, 5.41) is 3.14. The van der Waals surface area contributed by atoms with Crippen LogP contribution in [0.15, 0.2) is 18.2 Å². The molecule has 1 heterocycles. The van der Waals surface area contributed by atoms with Crippen molar-refractivity contribution in [3.05, 3.63) is 35.4 Å². The van der Waals surface area contributed by atoms with Crippen molar-refractivity contribution in [1.29, 1.82) is 0 Å². The fourth-order valence-electron chi connectivity index (χ4n) is 3.74. The lowest BCUT2D eigenvalue weighted by molar-refractivity contribution is -0.127. The first-order chi connectivity index (χ1) is 12.0. The van der Waals surface area contributed by atoms with E-state index in [1.54, 1.807) is 4.90 Å². The molecule has 0 bridgehead atoms. The van der Waals surface area contributed by atoms with Crippen molar-refractivity contribution in [1.82, 2.24) is 10.2 Å². The summed E-state index contributed by atoms with van der Waals surface area (Å²) >= 11 is 0. The first-order valence-electron chi connectivity index (χ1n) is 9.09. The van der Waals surface area contributed by atoms with E-state index in [9.17, 15) is 18.4 Å². The minimum Gasteiger partial charge on any atom is -0.353 e. The molecule has 0 atom stereocenters. The Labute approximate surface area is 146 Å². The predicted octanol–water partition coefficient (Wildman–Crippen LogP) is 3.27. The first-order valence-corrected chi connectivity index (χ1v) is 9.09. The van der Waals surface area contributed by atoms with Crippen LogP contribution in [0.4, 0.5) is 8.78 Å². The number of halogens is 2. The molecular formula is C19H24F2N2O2. The SMILES string of the molecule is O=C(NC1CCCCC1)C1CCN(C(=O)c2ccc(F)cc2F)CC1. The van der Waals surface area contributed by atoms with Gasteiger partial charge in [-0.15, -0.1) is 0 Å². The van der Waals surface area contributed by atoms with E-state index in [2.05, 4.69) is 5.32 Å². The van der Waals surface area contributed by atoms with E-state index in [0.717, 1.165) is 25.0 Å². The summed E-state index contributed by atoms with van der Waals surface area (Å²) in [6.07, 6.45) is 6.83. The van der Waals surface area contributed by atoms with Gasteiger partial charge in [-0.2, -0.15) is 0 Å². The van der Waals surface area contributed by atoms with Gasteiger partial charge in [0.25, 0.3) is 5.91 Å². The minimum atomic E-state index is -0.845. The number of rotatable bonds is 3. The fraction of sp³-hybridized carbons (Fsp3) is 0.579. The second-order valence-corrected chi connectivity index (χ2v) is 7.03. The van der Waals surface area contributed by atoms with E-state index in [1.807, 2.05) is 0 Å². The molecule has 1 N–H and O–H groups in total. The van der Waals surface area contributed by atoms with Crippen molar-refractivity contribution in [2.24, 2.45) is 5.92 Å². The molecule has 1 aliphatic carbocycles. The van der Waals surface area contributed by atoms with E-state index in [4.69, 9.17) is 0 Å². The average molecular weight is 350 g/mol. The number of benzene rings is 1. The van der Waals surface area contributed by atoms with Crippen molar-refractivity contribution in [2.45, 2.75) is 51.0 Å². The van der Waals surface area contributed by atoms with Gasteiger partial charge < -0.3 is 10.2 Å². The molecule has 1 aliphatic heterocycles. The van der Waals surface area contributed by atoms with Crippen LogP contribution in [-0.2, 0) is 4.79 Å². The maximum atomic E-state index is 13.8. The Hall–Kier alpha value is -1.98. The second kappa shape index (κ2) is 7.93. The van der Waals surface area contributed by atoms with Crippen LogP contribution in [0.3, 0.4) is 0 Å². The Morgan fingerprint density at radius 3 is 2.32 bits per heavy atom. The highest BCUT2D eigenvalue weighted by molar-refractivity contribution is 5.94. The Bertz CT molecular complexity index is 636. The van der Waals surface area contributed by atoms with Crippen LogP contribution in [0.2, 0.25) is 0 Å². The van der Waals surface area contributed by atoms with Gasteiger partial charge in [-0.3, -0.25) is 9.59 Å². The number of carbonyl (C=O) groups excluding carboxylic acids is 2. The van der Waals surface area contributed by atoms with Crippen LogP contribution in [0.5, 0.6) is 0 Å². The maximum absolute atomic E-state index is 13.8. The van der Waals surface area contributed by atoms with Crippen LogP contribution in [-0.4, -0.2) is 35.8 Å². The first kappa shape index (κ1) is 17.8. The minimum absolute atomic E-state index is 0.0759. The Balaban J connectivity index is 1.52. The molecule has 1 aromatic carbocycles. The summed E-state index contributed by atoms with van der Waals surface area (Å²) in [4.78, 5) is 26.3. The van der Waals surface area contributed by atoms with Gasteiger partial charge in [-0.25, -0.2) is 8.78 Å². The number of hydrogen-bond acceptors (Lipinski definition) is 2. The van der Waals surface area contributed by atoms with Crippen molar-refractivity contribution < 1.29 is 18.4 Å². The number of hydrogen-bond donors (Lipinski definition) is 1. The van der Waals surface area contributed by atoms with Gasteiger partial charge in [-0.1, -0.05) is 19.3 Å². The highest BCUT2D eigenvalue weighted by atomic mass is 19.1. The zero-order valence-electron chi connectivity index (χ0n) is 14.3. The third kappa shape index (κ3) is 4.35. The molecule has 2 aliphatic rings. The number of piperidine rings is 1. The fourth-order valence-corrected chi connectivity index (χ4v) is 3.74. The van der Waals surface area contributed by atoms with E-state index in [0.29, 0.717) is 25.9 Å². The van der Waals surface area contributed by atoms with E-state index in [1.165, 1.54) is 25.3 Å². The molecule has 4 nitrogen and oxygen atoms in total. The van der Waals surface area contributed by atoms with Crippen LogP contribution in [0, 0.1) is 17.6 Å². The maximum Gasteiger partial charge on any atom is 0.256 e. The molecule has 6 heteroatoms. The van der Waals surface area contributed by atoms with E-state index >= 15 is 0 Å². The van der Waals surface area contributed by atoms with Crippen LogP contribution < -0.4 is 5.32 Å².